The number of halogens is 2. The number of phenols is 1. The average Bonchev–Trinajstić information content (AvgIpc) is 3.07. The van der Waals surface area contributed by atoms with Crippen molar-refractivity contribution in [2.75, 3.05) is 37.7 Å². The monoisotopic (exact) mass is 383 g/mol. The van der Waals surface area contributed by atoms with E-state index in [1.165, 1.54) is 38.1 Å². The normalized spacial score (nSPS) is 14.0. The Hall–Kier alpha value is -1.82. The quantitative estimate of drug-likeness (QED) is 0.548. The molecule has 0 aliphatic carbocycles. The molecule has 0 spiro atoms. The number of hydrogen-bond acceptors (Lipinski definition) is 5. The van der Waals surface area contributed by atoms with Crippen LogP contribution in [-0.4, -0.2) is 36.2 Å². The predicted octanol–water partition coefficient (Wildman–Crippen LogP) is 4.02. The maximum Gasteiger partial charge on any atom is 0.138 e. The van der Waals surface area contributed by atoms with Gasteiger partial charge in [-0.3, -0.25) is 4.90 Å². The third-order valence-corrected chi connectivity index (χ3v) is 4.39. The Labute approximate surface area is 158 Å². The van der Waals surface area contributed by atoms with E-state index < -0.39 is 0 Å². The van der Waals surface area contributed by atoms with E-state index in [1.807, 2.05) is 6.07 Å². The summed E-state index contributed by atoms with van der Waals surface area (Å²) in [7, 11) is 0. The standard InChI is InChI=1S/C12H17ClN2O.C6H6ClNO/c13-11-9-10(14)3-4-12(11)16-8-7-15-5-1-2-6-15;7-5-3-4(8)1-2-6(5)9/h3-4,9H,1-2,5-8,14H2;1-3,9H,8H2. The highest BCUT2D eigenvalue weighted by Gasteiger charge is 2.11. The molecule has 136 valence electrons. The number of nitrogens with two attached hydrogens (primary N) is 2. The summed E-state index contributed by atoms with van der Waals surface area (Å²) in [6, 6.07) is 9.88. The zero-order chi connectivity index (χ0) is 18.2. The van der Waals surface area contributed by atoms with Crippen LogP contribution in [0.3, 0.4) is 0 Å². The second-order valence-electron chi connectivity index (χ2n) is 5.80. The van der Waals surface area contributed by atoms with Gasteiger partial charge in [-0.25, -0.2) is 0 Å². The molecule has 1 saturated heterocycles. The predicted molar refractivity (Wildman–Crippen MR) is 105 cm³/mol. The lowest BCUT2D eigenvalue weighted by Gasteiger charge is -2.15. The van der Waals surface area contributed by atoms with Crippen LogP contribution in [0.4, 0.5) is 11.4 Å². The molecule has 2 aromatic rings. The summed E-state index contributed by atoms with van der Waals surface area (Å²) in [5.41, 5.74) is 12.2. The van der Waals surface area contributed by atoms with Crippen molar-refractivity contribution in [1.29, 1.82) is 0 Å². The molecular weight excluding hydrogens is 361 g/mol. The van der Waals surface area contributed by atoms with Crippen molar-refractivity contribution >= 4 is 34.6 Å². The minimum Gasteiger partial charge on any atom is -0.506 e. The van der Waals surface area contributed by atoms with E-state index in [2.05, 4.69) is 4.90 Å². The number of likely N-dealkylation sites (tertiary alicyclic amines) is 1. The van der Waals surface area contributed by atoms with E-state index >= 15 is 0 Å². The van der Waals surface area contributed by atoms with Crippen LogP contribution in [0.1, 0.15) is 12.8 Å². The summed E-state index contributed by atoms with van der Waals surface area (Å²) in [5.74, 6) is 0.779. The molecule has 1 heterocycles. The van der Waals surface area contributed by atoms with Crippen LogP contribution < -0.4 is 16.2 Å². The zero-order valence-corrected chi connectivity index (χ0v) is 15.4. The summed E-state index contributed by atoms with van der Waals surface area (Å²) in [4.78, 5) is 2.41. The van der Waals surface area contributed by atoms with Gasteiger partial charge in [-0.05, 0) is 62.3 Å². The molecule has 0 atom stereocenters. The van der Waals surface area contributed by atoms with E-state index in [9.17, 15) is 0 Å². The molecular formula is C18H23Cl2N3O2. The number of anilines is 2. The lowest BCUT2D eigenvalue weighted by Crippen LogP contribution is -2.25. The SMILES string of the molecule is Nc1ccc(O)c(Cl)c1.Nc1ccc(OCCN2CCCC2)c(Cl)c1. The minimum absolute atomic E-state index is 0.0610. The zero-order valence-electron chi connectivity index (χ0n) is 13.9. The van der Waals surface area contributed by atoms with Crippen LogP contribution >= 0.6 is 23.2 Å². The summed E-state index contributed by atoms with van der Waals surface area (Å²) in [6.45, 7) is 4.04. The lowest BCUT2D eigenvalue weighted by molar-refractivity contribution is 0.238. The fourth-order valence-electron chi connectivity index (χ4n) is 2.45. The average molecular weight is 384 g/mol. The van der Waals surface area contributed by atoms with Crippen molar-refractivity contribution in [3.8, 4) is 11.5 Å². The van der Waals surface area contributed by atoms with E-state index in [1.54, 1.807) is 18.2 Å². The summed E-state index contributed by atoms with van der Waals surface area (Å²) in [6.07, 6.45) is 2.62. The van der Waals surface area contributed by atoms with Gasteiger partial charge in [0.2, 0.25) is 0 Å². The maximum atomic E-state index is 8.86. The molecule has 25 heavy (non-hydrogen) atoms. The van der Waals surface area contributed by atoms with Gasteiger partial charge in [-0.1, -0.05) is 23.2 Å². The first kappa shape index (κ1) is 19.5. The molecule has 2 aromatic carbocycles. The first-order valence-corrected chi connectivity index (χ1v) is 8.85. The highest BCUT2D eigenvalue weighted by atomic mass is 35.5. The first-order valence-electron chi connectivity index (χ1n) is 8.10. The number of ether oxygens (including phenoxy) is 1. The molecule has 1 aliphatic rings. The molecule has 7 heteroatoms. The Morgan fingerprint density at radius 2 is 1.56 bits per heavy atom. The van der Waals surface area contributed by atoms with Gasteiger partial charge in [0.05, 0.1) is 10.0 Å². The van der Waals surface area contributed by atoms with Gasteiger partial charge >= 0.3 is 0 Å². The van der Waals surface area contributed by atoms with Crippen LogP contribution in [0.2, 0.25) is 10.0 Å². The number of aromatic hydroxyl groups is 1. The molecule has 5 N–H and O–H groups in total. The Kier molecular flexibility index (Phi) is 7.50. The van der Waals surface area contributed by atoms with Gasteiger partial charge in [-0.15, -0.1) is 0 Å². The number of phenolic OH excluding ortho intramolecular Hbond substituents is 1. The molecule has 0 unspecified atom stereocenters. The number of nitrogens with zero attached hydrogens (tertiary/aromatic N) is 1. The van der Waals surface area contributed by atoms with Gasteiger partial charge in [-0.2, -0.15) is 0 Å². The van der Waals surface area contributed by atoms with E-state index in [0.29, 0.717) is 23.0 Å². The molecule has 0 radical (unpaired) electrons. The molecule has 0 aromatic heterocycles. The van der Waals surface area contributed by atoms with Crippen molar-refractivity contribution in [1.82, 2.24) is 4.90 Å². The third-order valence-electron chi connectivity index (χ3n) is 3.79. The third kappa shape index (κ3) is 6.53. The minimum atomic E-state index is 0.0610. The van der Waals surface area contributed by atoms with Crippen molar-refractivity contribution < 1.29 is 9.84 Å². The topological polar surface area (TPSA) is 84.7 Å². The fraction of sp³-hybridized carbons (Fsp3) is 0.333. The molecule has 3 rings (SSSR count). The van der Waals surface area contributed by atoms with Gasteiger partial charge < -0.3 is 21.3 Å². The number of nitrogen functional groups attached to an aromatic ring is 2. The van der Waals surface area contributed by atoms with Gasteiger partial charge in [0.15, 0.2) is 0 Å². The molecule has 1 aliphatic heterocycles. The summed E-state index contributed by atoms with van der Waals surface area (Å²) < 4.78 is 5.62. The molecule has 0 bridgehead atoms. The fourth-order valence-corrected chi connectivity index (χ4v) is 2.88. The van der Waals surface area contributed by atoms with E-state index in [4.69, 9.17) is 44.5 Å². The second kappa shape index (κ2) is 9.61. The van der Waals surface area contributed by atoms with Crippen LogP contribution in [-0.2, 0) is 0 Å². The van der Waals surface area contributed by atoms with Crippen molar-refractivity contribution in [2.45, 2.75) is 12.8 Å². The van der Waals surface area contributed by atoms with E-state index in [-0.39, 0.29) is 10.8 Å². The second-order valence-corrected chi connectivity index (χ2v) is 6.61. The van der Waals surface area contributed by atoms with Crippen LogP contribution in [0.5, 0.6) is 11.5 Å². The van der Waals surface area contributed by atoms with Gasteiger partial charge in [0.25, 0.3) is 0 Å². The van der Waals surface area contributed by atoms with Crippen molar-refractivity contribution in [3.05, 3.63) is 46.4 Å². The Morgan fingerprint density at radius 3 is 2.12 bits per heavy atom. The molecule has 0 amide bonds. The van der Waals surface area contributed by atoms with Gasteiger partial charge in [0, 0.05) is 17.9 Å². The van der Waals surface area contributed by atoms with Crippen LogP contribution in [0.25, 0.3) is 0 Å². The largest absolute Gasteiger partial charge is 0.506 e. The molecule has 1 fully saturated rings. The lowest BCUT2D eigenvalue weighted by atomic mass is 10.3. The Balaban J connectivity index is 0.000000212. The summed E-state index contributed by atoms with van der Waals surface area (Å²) in [5, 5.41) is 9.73. The highest BCUT2D eigenvalue weighted by Crippen LogP contribution is 2.26. The number of hydrogen-bond donors (Lipinski definition) is 3. The molecule has 0 saturated carbocycles. The van der Waals surface area contributed by atoms with Crippen LogP contribution in [0.15, 0.2) is 36.4 Å². The highest BCUT2D eigenvalue weighted by molar-refractivity contribution is 6.32. The first-order chi connectivity index (χ1) is 12.0. The smallest absolute Gasteiger partial charge is 0.138 e. The number of rotatable bonds is 4. The Morgan fingerprint density at radius 1 is 0.960 bits per heavy atom. The van der Waals surface area contributed by atoms with E-state index in [0.717, 1.165) is 12.3 Å². The Bertz CT molecular complexity index is 692. The van der Waals surface area contributed by atoms with Crippen molar-refractivity contribution in [3.63, 3.8) is 0 Å². The maximum absolute atomic E-state index is 8.86. The number of benzene rings is 2. The van der Waals surface area contributed by atoms with Crippen LogP contribution in [0, 0.1) is 0 Å². The van der Waals surface area contributed by atoms with Crippen molar-refractivity contribution in [2.24, 2.45) is 0 Å². The van der Waals surface area contributed by atoms with Gasteiger partial charge in [0.1, 0.15) is 18.1 Å². The summed E-state index contributed by atoms with van der Waals surface area (Å²) >= 11 is 11.5. The molecule has 5 nitrogen and oxygen atoms in total.